The monoisotopic (exact) mass is 650 g/mol. The predicted molar refractivity (Wildman–Crippen MR) is 164 cm³/mol. The van der Waals surface area contributed by atoms with Gasteiger partial charge in [-0.1, -0.05) is 50.7 Å². The Kier molecular flexibility index (Phi) is 9.61. The van der Waals surface area contributed by atoms with Gasteiger partial charge >= 0.3 is 0 Å². The second kappa shape index (κ2) is 13.3. The van der Waals surface area contributed by atoms with Gasteiger partial charge in [0.25, 0.3) is 20.2 Å². The molecule has 0 saturated heterocycles. The third-order valence-electron chi connectivity index (χ3n) is 10.8. The van der Waals surface area contributed by atoms with Crippen LogP contribution in [0.1, 0.15) is 138 Å². The van der Waals surface area contributed by atoms with Gasteiger partial charge in [0.1, 0.15) is 0 Å². The van der Waals surface area contributed by atoms with Crippen LogP contribution in [0.3, 0.4) is 0 Å². The Balaban J connectivity index is 1.13. The van der Waals surface area contributed by atoms with Crippen molar-refractivity contribution in [3.63, 3.8) is 0 Å². The zero-order chi connectivity index (χ0) is 30.9. The highest BCUT2D eigenvalue weighted by atomic mass is 32.2. The van der Waals surface area contributed by atoms with Crippen LogP contribution in [0.25, 0.3) is 0 Å². The highest BCUT2D eigenvalue weighted by Gasteiger charge is 2.41. The molecule has 12 nitrogen and oxygen atoms in total. The lowest BCUT2D eigenvalue weighted by molar-refractivity contribution is 0.253. The van der Waals surface area contributed by atoms with Crippen molar-refractivity contribution in [3.05, 3.63) is 35.9 Å². The molecule has 6 rings (SSSR count). The van der Waals surface area contributed by atoms with E-state index in [2.05, 4.69) is 10.2 Å². The van der Waals surface area contributed by atoms with E-state index in [1.165, 1.54) is 38.5 Å². The molecule has 2 heterocycles. The van der Waals surface area contributed by atoms with E-state index in [-0.39, 0.29) is 24.9 Å². The highest BCUT2D eigenvalue weighted by molar-refractivity contribution is 7.86. The van der Waals surface area contributed by atoms with Crippen LogP contribution in [0.5, 0.6) is 0 Å². The summed E-state index contributed by atoms with van der Waals surface area (Å²) in [5.41, 5.74) is 1.91. The van der Waals surface area contributed by atoms with Crippen molar-refractivity contribution in [2.45, 2.75) is 137 Å². The van der Waals surface area contributed by atoms with E-state index < -0.39 is 42.6 Å². The van der Waals surface area contributed by atoms with Crippen LogP contribution < -0.4 is 0 Å². The molecule has 2 aromatic heterocycles. The first-order valence-corrected chi connectivity index (χ1v) is 19.5. The third kappa shape index (κ3) is 7.28. The molecule has 0 radical (unpaired) electrons. The molecule has 244 valence electrons. The fraction of sp³-hybridized carbons (Fsp3) is 0.800. The Bertz CT molecular complexity index is 1400. The summed E-state index contributed by atoms with van der Waals surface area (Å²) in [5, 5.41) is 16.3. The van der Waals surface area contributed by atoms with Gasteiger partial charge in [0.05, 0.1) is 46.4 Å². The highest BCUT2D eigenvalue weighted by Crippen LogP contribution is 2.40. The molecule has 44 heavy (non-hydrogen) atoms. The van der Waals surface area contributed by atoms with Gasteiger partial charge in [0.15, 0.2) is 0 Å². The van der Waals surface area contributed by atoms with Crippen LogP contribution in [0.2, 0.25) is 0 Å². The number of nitrogens with zero attached hydrogens (tertiary/aromatic N) is 6. The van der Waals surface area contributed by atoms with E-state index in [1.807, 2.05) is 0 Å². The minimum atomic E-state index is -4.38. The lowest BCUT2D eigenvalue weighted by Crippen LogP contribution is -2.38. The Morgan fingerprint density at radius 1 is 0.591 bits per heavy atom. The van der Waals surface area contributed by atoms with Gasteiger partial charge in [-0.25, -0.2) is 0 Å². The fourth-order valence-electron chi connectivity index (χ4n) is 8.19. The summed E-state index contributed by atoms with van der Waals surface area (Å²) in [6, 6.07) is -0.491. The largest absolute Gasteiger partial charge is 0.285 e. The van der Waals surface area contributed by atoms with Gasteiger partial charge in [-0.3, -0.25) is 9.11 Å². The van der Waals surface area contributed by atoms with E-state index in [0.29, 0.717) is 37.5 Å². The van der Waals surface area contributed by atoms with Gasteiger partial charge in [-0.05, 0) is 76.0 Å². The van der Waals surface area contributed by atoms with Crippen molar-refractivity contribution < 1.29 is 25.9 Å². The molecule has 0 aromatic carbocycles. The Morgan fingerprint density at radius 3 is 1.34 bits per heavy atom. The summed E-state index contributed by atoms with van der Waals surface area (Å²) < 4.78 is 70.5. The maximum absolute atomic E-state index is 12.5. The molecule has 6 unspecified atom stereocenters. The number of rotatable bonds is 8. The van der Waals surface area contributed by atoms with Crippen molar-refractivity contribution in [2.24, 2.45) is 11.8 Å². The number of aromatic nitrogens is 6. The SMILES string of the molecule is O=S(=O)(O)C1CC(n2ncc(C3CCCCC3)n2)CCC1/C=C/C1CCC(n2ncc(C3CCCCC3)n2)CC1S(=O)(=O)O. The van der Waals surface area contributed by atoms with Crippen molar-refractivity contribution in [1.29, 1.82) is 0 Å². The topological polar surface area (TPSA) is 170 Å². The molecule has 0 spiro atoms. The van der Waals surface area contributed by atoms with Gasteiger partial charge < -0.3 is 0 Å². The minimum absolute atomic E-state index is 0.176. The third-order valence-corrected chi connectivity index (χ3v) is 13.4. The fourth-order valence-corrected chi connectivity index (χ4v) is 10.5. The molecular formula is C30H46N6O6S2. The molecule has 0 amide bonds. The summed E-state index contributed by atoms with van der Waals surface area (Å²) >= 11 is 0. The van der Waals surface area contributed by atoms with E-state index in [9.17, 15) is 25.9 Å². The van der Waals surface area contributed by atoms with Crippen molar-refractivity contribution in [3.8, 4) is 0 Å². The van der Waals surface area contributed by atoms with E-state index in [4.69, 9.17) is 10.2 Å². The molecule has 4 saturated carbocycles. The lowest BCUT2D eigenvalue weighted by Gasteiger charge is -2.34. The number of hydrogen-bond donors (Lipinski definition) is 2. The summed E-state index contributed by atoms with van der Waals surface area (Å²) in [7, 11) is -8.77. The van der Waals surface area contributed by atoms with Gasteiger partial charge in [0, 0.05) is 11.8 Å². The minimum Gasteiger partial charge on any atom is -0.285 e. The first-order chi connectivity index (χ1) is 21.1. The summed E-state index contributed by atoms with van der Waals surface area (Å²) in [6.45, 7) is 0. The molecule has 6 atom stereocenters. The van der Waals surface area contributed by atoms with Crippen LogP contribution in [0.15, 0.2) is 24.5 Å². The van der Waals surface area contributed by atoms with Crippen LogP contribution in [-0.2, 0) is 20.2 Å². The van der Waals surface area contributed by atoms with Crippen molar-refractivity contribution in [1.82, 2.24) is 30.0 Å². The molecule has 4 fully saturated rings. The number of allylic oxidation sites excluding steroid dienone is 2. The number of hydrogen-bond acceptors (Lipinski definition) is 8. The molecule has 2 N–H and O–H groups in total. The molecule has 14 heteroatoms. The van der Waals surface area contributed by atoms with Crippen LogP contribution in [-0.4, -0.2) is 66.4 Å². The van der Waals surface area contributed by atoms with Crippen molar-refractivity contribution >= 4 is 20.2 Å². The summed E-state index contributed by atoms with van der Waals surface area (Å²) in [5.74, 6) is -0.188. The summed E-state index contributed by atoms with van der Waals surface area (Å²) in [6.07, 6.45) is 21.3. The zero-order valence-corrected chi connectivity index (χ0v) is 26.9. The molecule has 4 aliphatic carbocycles. The molecule has 0 bridgehead atoms. The maximum Gasteiger partial charge on any atom is 0.268 e. The Labute approximate surface area is 260 Å². The predicted octanol–water partition coefficient (Wildman–Crippen LogP) is 5.42. The zero-order valence-electron chi connectivity index (χ0n) is 25.3. The summed E-state index contributed by atoms with van der Waals surface area (Å²) in [4.78, 5) is 3.25. The maximum atomic E-state index is 12.5. The second-order valence-corrected chi connectivity index (χ2v) is 16.9. The molecule has 4 aliphatic rings. The average molecular weight is 651 g/mol. The smallest absolute Gasteiger partial charge is 0.268 e. The first-order valence-electron chi connectivity index (χ1n) is 16.5. The lowest BCUT2D eigenvalue weighted by atomic mass is 9.82. The van der Waals surface area contributed by atoms with E-state index in [1.54, 1.807) is 34.1 Å². The van der Waals surface area contributed by atoms with E-state index in [0.717, 1.165) is 37.1 Å². The quantitative estimate of drug-likeness (QED) is 0.278. The Hall–Kier alpha value is -2.16. The van der Waals surface area contributed by atoms with Crippen molar-refractivity contribution in [2.75, 3.05) is 0 Å². The second-order valence-electron chi connectivity index (χ2n) is 13.6. The average Bonchev–Trinajstić information content (AvgIpc) is 3.71. The molecule has 2 aromatic rings. The molecular weight excluding hydrogens is 605 g/mol. The van der Waals surface area contributed by atoms with Gasteiger partial charge in [-0.2, -0.15) is 46.8 Å². The first kappa shape index (κ1) is 31.8. The van der Waals surface area contributed by atoms with Gasteiger partial charge in [-0.15, -0.1) is 0 Å². The van der Waals surface area contributed by atoms with Crippen LogP contribution in [0, 0.1) is 11.8 Å². The Morgan fingerprint density at radius 2 is 0.977 bits per heavy atom. The van der Waals surface area contributed by atoms with Crippen LogP contribution in [0.4, 0.5) is 0 Å². The van der Waals surface area contributed by atoms with E-state index >= 15 is 0 Å². The van der Waals surface area contributed by atoms with Crippen LogP contribution >= 0.6 is 0 Å². The van der Waals surface area contributed by atoms with Gasteiger partial charge in [0.2, 0.25) is 0 Å². The standard InChI is InChI=1S/C30H46N6O6S2/c37-43(38,39)29-17-25(35-31-19-27(33-35)21-7-3-1-4-8-21)15-13-23(29)11-12-24-14-16-26(18-30(24)44(40,41)42)36-32-20-28(34-36)22-9-5-2-6-10-22/h11-12,19-26,29-30H,1-10,13-18H2,(H,37,38,39)(H,40,41,42)/b12-11+. The normalized spacial score (nSPS) is 31.9. The molecule has 0 aliphatic heterocycles.